The Hall–Kier alpha value is -2.19. The number of carbonyl (C=O) groups excluding carboxylic acids is 1. The largest absolute Gasteiger partial charge is 0.323 e. The zero-order chi connectivity index (χ0) is 19.0. The SMILES string of the molecule is Cn1c(SCC(=O)Nc2ccccc2F)nc2sc3c(c2c1=O)CCCC3. The Morgan fingerprint density at radius 1 is 1.33 bits per heavy atom. The normalized spacial score (nSPS) is 13.6. The third-order valence-corrected chi connectivity index (χ3v) is 6.85. The maximum atomic E-state index is 13.6. The summed E-state index contributed by atoms with van der Waals surface area (Å²) in [7, 11) is 1.68. The summed E-state index contributed by atoms with van der Waals surface area (Å²) in [5, 5.41) is 3.77. The molecule has 1 aromatic carbocycles. The first-order chi connectivity index (χ1) is 13.0. The van der Waals surface area contributed by atoms with Crippen molar-refractivity contribution in [2.75, 3.05) is 11.1 Å². The fraction of sp³-hybridized carbons (Fsp3) is 0.316. The van der Waals surface area contributed by atoms with Crippen molar-refractivity contribution in [1.82, 2.24) is 9.55 Å². The lowest BCUT2D eigenvalue weighted by atomic mass is 9.97. The van der Waals surface area contributed by atoms with Crippen LogP contribution in [-0.4, -0.2) is 21.2 Å². The van der Waals surface area contributed by atoms with Crippen LogP contribution in [0.25, 0.3) is 10.2 Å². The summed E-state index contributed by atoms with van der Waals surface area (Å²) in [6, 6.07) is 6.02. The summed E-state index contributed by atoms with van der Waals surface area (Å²) in [5.74, 6) is -0.775. The van der Waals surface area contributed by atoms with Gasteiger partial charge in [-0.25, -0.2) is 9.37 Å². The highest BCUT2D eigenvalue weighted by atomic mass is 32.2. The van der Waals surface area contributed by atoms with Gasteiger partial charge in [-0.15, -0.1) is 11.3 Å². The van der Waals surface area contributed by atoms with Gasteiger partial charge in [0.15, 0.2) is 5.16 Å². The summed E-state index contributed by atoms with van der Waals surface area (Å²) in [4.78, 5) is 31.6. The molecule has 4 rings (SSSR count). The van der Waals surface area contributed by atoms with Crippen LogP contribution in [0.4, 0.5) is 10.1 Å². The van der Waals surface area contributed by atoms with E-state index >= 15 is 0 Å². The number of hydrogen-bond acceptors (Lipinski definition) is 5. The molecule has 2 heterocycles. The molecule has 0 saturated carbocycles. The molecule has 1 amide bonds. The van der Waals surface area contributed by atoms with Crippen LogP contribution in [0, 0.1) is 5.82 Å². The van der Waals surface area contributed by atoms with Crippen LogP contribution in [0.3, 0.4) is 0 Å². The van der Waals surface area contributed by atoms with Crippen molar-refractivity contribution >= 4 is 44.9 Å². The van der Waals surface area contributed by atoms with Gasteiger partial charge in [-0.1, -0.05) is 23.9 Å². The minimum absolute atomic E-state index is 0.0468. The maximum Gasteiger partial charge on any atom is 0.262 e. The predicted octanol–water partition coefficient (Wildman–Crippen LogP) is 3.74. The highest BCUT2D eigenvalue weighted by molar-refractivity contribution is 7.99. The Labute approximate surface area is 163 Å². The van der Waals surface area contributed by atoms with Gasteiger partial charge in [-0.2, -0.15) is 0 Å². The van der Waals surface area contributed by atoms with Gasteiger partial charge in [0, 0.05) is 11.9 Å². The molecule has 2 aromatic heterocycles. The van der Waals surface area contributed by atoms with E-state index in [1.54, 1.807) is 30.5 Å². The third kappa shape index (κ3) is 3.51. The van der Waals surface area contributed by atoms with Crippen LogP contribution in [0.1, 0.15) is 23.3 Å². The molecule has 0 atom stereocenters. The number of carbonyl (C=O) groups is 1. The molecule has 8 heteroatoms. The molecule has 1 aliphatic carbocycles. The van der Waals surface area contributed by atoms with Crippen molar-refractivity contribution in [1.29, 1.82) is 0 Å². The third-order valence-electron chi connectivity index (χ3n) is 4.64. The minimum atomic E-state index is -0.480. The van der Waals surface area contributed by atoms with E-state index in [4.69, 9.17) is 0 Å². The molecule has 0 radical (unpaired) electrons. The number of para-hydroxylation sites is 1. The second kappa shape index (κ2) is 7.44. The highest BCUT2D eigenvalue weighted by Gasteiger charge is 2.21. The van der Waals surface area contributed by atoms with Gasteiger partial charge in [0.1, 0.15) is 10.6 Å². The van der Waals surface area contributed by atoms with E-state index in [1.807, 2.05) is 0 Å². The summed E-state index contributed by atoms with van der Waals surface area (Å²) in [5.41, 5.74) is 1.24. The summed E-state index contributed by atoms with van der Waals surface area (Å²) >= 11 is 2.77. The predicted molar refractivity (Wildman–Crippen MR) is 107 cm³/mol. The molecule has 0 bridgehead atoms. The number of amides is 1. The topological polar surface area (TPSA) is 64.0 Å². The number of thioether (sulfide) groups is 1. The number of nitrogens with zero attached hydrogens (tertiary/aromatic N) is 2. The zero-order valence-corrected chi connectivity index (χ0v) is 16.4. The number of nitrogens with one attached hydrogen (secondary N) is 1. The molecule has 1 aliphatic rings. The molecule has 0 aliphatic heterocycles. The molecular weight excluding hydrogens is 385 g/mol. The van der Waals surface area contributed by atoms with E-state index in [0.717, 1.165) is 41.5 Å². The average Bonchev–Trinajstić information content (AvgIpc) is 3.04. The zero-order valence-electron chi connectivity index (χ0n) is 14.8. The van der Waals surface area contributed by atoms with Crippen molar-refractivity contribution in [3.05, 3.63) is 50.9 Å². The molecule has 5 nitrogen and oxygen atoms in total. The van der Waals surface area contributed by atoms with Crippen molar-refractivity contribution < 1.29 is 9.18 Å². The monoisotopic (exact) mass is 403 g/mol. The minimum Gasteiger partial charge on any atom is -0.323 e. The molecular formula is C19H18FN3O2S2. The number of aryl methyl sites for hydroxylation is 2. The fourth-order valence-corrected chi connectivity index (χ4v) is 5.35. The number of thiophene rings is 1. The first-order valence-electron chi connectivity index (χ1n) is 8.73. The van der Waals surface area contributed by atoms with E-state index in [0.29, 0.717) is 5.16 Å². The quantitative estimate of drug-likeness (QED) is 0.532. The number of benzene rings is 1. The van der Waals surface area contributed by atoms with Gasteiger partial charge < -0.3 is 5.32 Å². The van der Waals surface area contributed by atoms with E-state index in [2.05, 4.69) is 10.3 Å². The van der Waals surface area contributed by atoms with E-state index in [-0.39, 0.29) is 22.9 Å². The average molecular weight is 404 g/mol. The molecule has 1 N–H and O–H groups in total. The van der Waals surface area contributed by atoms with Gasteiger partial charge >= 0.3 is 0 Å². The molecule has 0 saturated heterocycles. The Morgan fingerprint density at radius 3 is 2.93 bits per heavy atom. The van der Waals surface area contributed by atoms with Gasteiger partial charge in [0.2, 0.25) is 5.91 Å². The smallest absolute Gasteiger partial charge is 0.262 e. The Morgan fingerprint density at radius 2 is 2.11 bits per heavy atom. The lowest BCUT2D eigenvalue weighted by molar-refractivity contribution is -0.113. The van der Waals surface area contributed by atoms with Crippen LogP contribution in [0.2, 0.25) is 0 Å². The molecule has 3 aromatic rings. The molecule has 27 heavy (non-hydrogen) atoms. The van der Waals surface area contributed by atoms with E-state index < -0.39 is 5.82 Å². The maximum absolute atomic E-state index is 13.6. The van der Waals surface area contributed by atoms with Gasteiger partial charge in [0.05, 0.1) is 16.8 Å². The van der Waals surface area contributed by atoms with E-state index in [1.165, 1.54) is 33.3 Å². The summed E-state index contributed by atoms with van der Waals surface area (Å²) < 4.78 is 15.1. The number of halogens is 1. The fourth-order valence-electron chi connectivity index (χ4n) is 3.28. The van der Waals surface area contributed by atoms with Crippen LogP contribution in [0.5, 0.6) is 0 Å². The van der Waals surface area contributed by atoms with Crippen molar-refractivity contribution in [2.45, 2.75) is 30.8 Å². The number of fused-ring (bicyclic) bond motifs is 3. The summed E-state index contributed by atoms with van der Waals surface area (Å²) in [6.07, 6.45) is 4.20. The van der Waals surface area contributed by atoms with Crippen LogP contribution in [0.15, 0.2) is 34.2 Å². The first-order valence-corrected chi connectivity index (χ1v) is 10.5. The number of hydrogen-bond donors (Lipinski definition) is 1. The van der Waals surface area contributed by atoms with Crippen LogP contribution in [-0.2, 0) is 24.7 Å². The Kier molecular flexibility index (Phi) is 5.01. The van der Waals surface area contributed by atoms with Gasteiger partial charge in [0.25, 0.3) is 5.56 Å². The highest BCUT2D eigenvalue weighted by Crippen LogP contribution is 2.34. The standard InChI is InChI=1S/C19H18FN3O2S2/c1-23-18(25)16-11-6-2-5-9-14(11)27-17(16)22-19(23)26-10-15(24)21-13-8-4-3-7-12(13)20/h3-4,7-8H,2,5-6,9-10H2,1H3,(H,21,24). The first kappa shape index (κ1) is 18.2. The Balaban J connectivity index is 1.55. The lowest BCUT2D eigenvalue weighted by Crippen LogP contribution is -2.22. The molecule has 0 fully saturated rings. The Bertz CT molecular complexity index is 1090. The second-order valence-corrected chi connectivity index (χ2v) is 8.49. The number of anilines is 1. The van der Waals surface area contributed by atoms with Crippen molar-refractivity contribution in [3.63, 3.8) is 0 Å². The van der Waals surface area contributed by atoms with Crippen LogP contribution >= 0.6 is 23.1 Å². The van der Waals surface area contributed by atoms with Crippen molar-refractivity contribution in [3.8, 4) is 0 Å². The lowest BCUT2D eigenvalue weighted by Gasteiger charge is -2.11. The van der Waals surface area contributed by atoms with Crippen LogP contribution < -0.4 is 10.9 Å². The second-order valence-electron chi connectivity index (χ2n) is 6.47. The molecule has 0 unspecified atom stereocenters. The van der Waals surface area contributed by atoms with E-state index in [9.17, 15) is 14.0 Å². The molecule has 140 valence electrons. The van der Waals surface area contributed by atoms with Crippen molar-refractivity contribution in [2.24, 2.45) is 7.05 Å². The molecule has 0 spiro atoms. The van der Waals surface area contributed by atoms with Gasteiger partial charge in [-0.05, 0) is 43.4 Å². The number of rotatable bonds is 4. The van der Waals surface area contributed by atoms with Gasteiger partial charge in [-0.3, -0.25) is 14.2 Å². The number of aromatic nitrogens is 2. The summed E-state index contributed by atoms with van der Waals surface area (Å²) in [6.45, 7) is 0.